The summed E-state index contributed by atoms with van der Waals surface area (Å²) in [4.78, 5) is 0. The van der Waals surface area contributed by atoms with E-state index >= 15 is 0 Å². The van der Waals surface area contributed by atoms with Gasteiger partial charge in [-0.15, -0.1) is 5.10 Å². The summed E-state index contributed by atoms with van der Waals surface area (Å²) >= 11 is 0. The van der Waals surface area contributed by atoms with Crippen LogP contribution in [0.25, 0.3) is 6.08 Å². The highest BCUT2D eigenvalue weighted by Crippen LogP contribution is 2.06. The van der Waals surface area contributed by atoms with Crippen LogP contribution in [0.2, 0.25) is 0 Å². The first-order chi connectivity index (χ1) is 7.38. The van der Waals surface area contributed by atoms with Gasteiger partial charge in [0.25, 0.3) is 0 Å². The van der Waals surface area contributed by atoms with Gasteiger partial charge in [0.2, 0.25) is 0 Å². The Labute approximate surface area is 88.2 Å². The maximum atomic E-state index is 3.81. The third-order valence-corrected chi connectivity index (χ3v) is 2.07. The van der Waals surface area contributed by atoms with E-state index in [-0.39, 0.29) is 0 Å². The molecule has 76 valence electrons. The van der Waals surface area contributed by atoms with Gasteiger partial charge in [-0.1, -0.05) is 36.4 Å². The molecule has 0 aliphatic carbocycles. The molecule has 4 nitrogen and oxygen atoms in total. The van der Waals surface area contributed by atoms with Crippen molar-refractivity contribution in [3.05, 3.63) is 47.8 Å². The largest absolute Gasteiger partial charge is 0.228 e. The van der Waals surface area contributed by atoms with Gasteiger partial charge in [0, 0.05) is 0 Å². The van der Waals surface area contributed by atoms with E-state index in [1.807, 2.05) is 13.0 Å². The molecule has 0 fully saturated rings. The fourth-order valence-corrected chi connectivity index (χ4v) is 1.37. The Bertz CT molecular complexity index is 428. The van der Waals surface area contributed by atoms with Crippen molar-refractivity contribution in [2.75, 3.05) is 0 Å². The Morgan fingerprint density at radius 2 is 2.07 bits per heavy atom. The third kappa shape index (κ3) is 2.49. The first-order valence-corrected chi connectivity index (χ1v) is 4.81. The SMILES string of the molecule is CC=Cc1ccc(Cn2cnnn2)cc1. The van der Waals surface area contributed by atoms with Crippen molar-refractivity contribution in [2.45, 2.75) is 13.5 Å². The summed E-state index contributed by atoms with van der Waals surface area (Å²) in [5, 5.41) is 11.0. The summed E-state index contributed by atoms with van der Waals surface area (Å²) in [5.74, 6) is 0. The molecule has 0 N–H and O–H groups in total. The van der Waals surface area contributed by atoms with Crippen molar-refractivity contribution >= 4 is 6.08 Å². The summed E-state index contributed by atoms with van der Waals surface area (Å²) in [6.45, 7) is 2.72. The van der Waals surface area contributed by atoms with Crippen LogP contribution in [0.4, 0.5) is 0 Å². The molecule has 0 aliphatic rings. The van der Waals surface area contributed by atoms with E-state index in [4.69, 9.17) is 0 Å². The standard InChI is InChI=1S/C11H12N4/c1-2-3-10-4-6-11(7-5-10)8-15-9-12-13-14-15/h2-7,9H,8H2,1H3. The molecule has 1 aromatic carbocycles. The lowest BCUT2D eigenvalue weighted by Crippen LogP contribution is -2.00. The lowest BCUT2D eigenvalue weighted by molar-refractivity contribution is 0.648. The average Bonchev–Trinajstić information content (AvgIpc) is 2.74. The number of rotatable bonds is 3. The highest BCUT2D eigenvalue weighted by Gasteiger charge is 1.95. The number of hydrogen-bond donors (Lipinski definition) is 0. The van der Waals surface area contributed by atoms with Crippen molar-refractivity contribution in [1.82, 2.24) is 20.2 Å². The van der Waals surface area contributed by atoms with Crippen molar-refractivity contribution in [3.63, 3.8) is 0 Å². The van der Waals surface area contributed by atoms with Crippen LogP contribution < -0.4 is 0 Å². The van der Waals surface area contributed by atoms with E-state index < -0.39 is 0 Å². The minimum atomic E-state index is 0.711. The van der Waals surface area contributed by atoms with E-state index in [1.54, 1.807) is 11.0 Å². The van der Waals surface area contributed by atoms with Gasteiger partial charge in [0.1, 0.15) is 6.33 Å². The first kappa shape index (κ1) is 9.58. The molecule has 15 heavy (non-hydrogen) atoms. The van der Waals surface area contributed by atoms with Gasteiger partial charge in [0.05, 0.1) is 6.54 Å². The van der Waals surface area contributed by atoms with Crippen molar-refractivity contribution < 1.29 is 0 Å². The number of aromatic nitrogens is 4. The molecule has 0 unspecified atom stereocenters. The molecular formula is C11H12N4. The molecule has 0 saturated heterocycles. The zero-order valence-electron chi connectivity index (χ0n) is 8.54. The number of nitrogens with zero attached hydrogens (tertiary/aromatic N) is 4. The minimum Gasteiger partial charge on any atom is -0.228 e. The van der Waals surface area contributed by atoms with Crippen LogP contribution in [0.3, 0.4) is 0 Å². The maximum absolute atomic E-state index is 3.81. The lowest BCUT2D eigenvalue weighted by Gasteiger charge is -2.00. The first-order valence-electron chi connectivity index (χ1n) is 4.81. The van der Waals surface area contributed by atoms with E-state index in [9.17, 15) is 0 Å². The summed E-state index contributed by atoms with van der Waals surface area (Å²) in [6.07, 6.45) is 5.71. The van der Waals surface area contributed by atoms with Crippen LogP contribution in [0.5, 0.6) is 0 Å². The molecule has 0 atom stereocenters. The normalized spacial score (nSPS) is 11.0. The molecule has 2 rings (SSSR count). The summed E-state index contributed by atoms with van der Waals surface area (Å²) in [6, 6.07) is 8.33. The van der Waals surface area contributed by atoms with E-state index in [0.29, 0.717) is 6.54 Å². The molecule has 0 radical (unpaired) electrons. The molecule has 0 aliphatic heterocycles. The van der Waals surface area contributed by atoms with Gasteiger partial charge in [-0.2, -0.15) is 0 Å². The highest BCUT2D eigenvalue weighted by molar-refractivity contribution is 5.49. The minimum absolute atomic E-state index is 0.711. The van der Waals surface area contributed by atoms with Crippen LogP contribution in [-0.4, -0.2) is 20.2 Å². The summed E-state index contributed by atoms with van der Waals surface area (Å²) in [5.41, 5.74) is 2.40. The van der Waals surface area contributed by atoms with Crippen LogP contribution in [-0.2, 0) is 6.54 Å². The molecule has 0 amide bonds. The number of benzene rings is 1. The Morgan fingerprint density at radius 3 is 2.67 bits per heavy atom. The Morgan fingerprint density at radius 1 is 1.27 bits per heavy atom. The molecule has 1 heterocycles. The number of hydrogen-bond acceptors (Lipinski definition) is 3. The molecule has 4 heteroatoms. The van der Waals surface area contributed by atoms with Crippen LogP contribution in [0.15, 0.2) is 36.7 Å². The Kier molecular flexibility index (Phi) is 2.88. The molecule has 1 aromatic heterocycles. The van der Waals surface area contributed by atoms with Gasteiger partial charge in [-0.3, -0.25) is 0 Å². The van der Waals surface area contributed by atoms with Gasteiger partial charge < -0.3 is 0 Å². The average molecular weight is 200 g/mol. The predicted molar refractivity (Wildman–Crippen MR) is 58.1 cm³/mol. The monoisotopic (exact) mass is 200 g/mol. The fraction of sp³-hybridized carbons (Fsp3) is 0.182. The fourth-order valence-electron chi connectivity index (χ4n) is 1.37. The second kappa shape index (κ2) is 4.50. The molecule has 2 aromatic rings. The molecule has 0 bridgehead atoms. The second-order valence-corrected chi connectivity index (χ2v) is 3.25. The van der Waals surface area contributed by atoms with Crippen LogP contribution in [0.1, 0.15) is 18.1 Å². The van der Waals surface area contributed by atoms with Crippen molar-refractivity contribution in [1.29, 1.82) is 0 Å². The predicted octanol–water partition coefficient (Wildman–Crippen LogP) is 1.75. The highest BCUT2D eigenvalue weighted by atomic mass is 15.5. The Hall–Kier alpha value is -1.97. The van der Waals surface area contributed by atoms with Crippen LogP contribution in [0, 0.1) is 0 Å². The quantitative estimate of drug-likeness (QED) is 0.758. The molecular weight excluding hydrogens is 188 g/mol. The van der Waals surface area contributed by atoms with E-state index in [0.717, 1.165) is 0 Å². The topological polar surface area (TPSA) is 43.6 Å². The molecule has 0 saturated carbocycles. The summed E-state index contributed by atoms with van der Waals surface area (Å²) in [7, 11) is 0. The third-order valence-electron chi connectivity index (χ3n) is 2.07. The number of allylic oxidation sites excluding steroid dienone is 1. The number of tetrazole rings is 1. The Balaban J connectivity index is 2.10. The molecule has 0 spiro atoms. The van der Waals surface area contributed by atoms with Gasteiger partial charge in [-0.25, -0.2) is 4.68 Å². The zero-order valence-corrected chi connectivity index (χ0v) is 8.54. The maximum Gasteiger partial charge on any atom is 0.138 e. The van der Waals surface area contributed by atoms with E-state index in [1.165, 1.54) is 11.1 Å². The second-order valence-electron chi connectivity index (χ2n) is 3.25. The van der Waals surface area contributed by atoms with Gasteiger partial charge in [-0.05, 0) is 28.5 Å². The zero-order chi connectivity index (χ0) is 10.5. The van der Waals surface area contributed by atoms with Gasteiger partial charge in [0.15, 0.2) is 0 Å². The van der Waals surface area contributed by atoms with Crippen molar-refractivity contribution in [2.24, 2.45) is 0 Å². The smallest absolute Gasteiger partial charge is 0.138 e. The van der Waals surface area contributed by atoms with Crippen molar-refractivity contribution in [3.8, 4) is 0 Å². The van der Waals surface area contributed by atoms with Crippen LogP contribution >= 0.6 is 0 Å². The summed E-state index contributed by atoms with van der Waals surface area (Å²) < 4.78 is 1.70. The van der Waals surface area contributed by atoms with E-state index in [2.05, 4.69) is 45.9 Å². The lowest BCUT2D eigenvalue weighted by atomic mass is 10.1. The van der Waals surface area contributed by atoms with Gasteiger partial charge >= 0.3 is 0 Å².